The molecule has 0 saturated carbocycles. The standard InChI is InChI=1S/C31H52N.ClH/c1-4-5-6-7-8-9-10-11-12-13-14-15-16-17-18-21-26-32(2,3)28-29-24-25-30-22-19-20-23-31(30)27-29;/h19-20,22-25,27H,4-18,21,26,28H2,1-3H3;1H/q+1;/p-1. The van der Waals surface area contributed by atoms with Gasteiger partial charge in [-0.25, -0.2) is 0 Å². The number of halogens is 1. The first-order chi connectivity index (χ1) is 15.6. The lowest BCUT2D eigenvalue weighted by Crippen LogP contribution is -3.00. The van der Waals surface area contributed by atoms with Gasteiger partial charge in [0.1, 0.15) is 6.54 Å². The van der Waals surface area contributed by atoms with Crippen molar-refractivity contribution in [2.24, 2.45) is 0 Å². The summed E-state index contributed by atoms with van der Waals surface area (Å²) in [6, 6.07) is 15.7. The predicted octanol–water partition coefficient (Wildman–Crippen LogP) is 6.68. The number of unbranched alkanes of at least 4 members (excludes halogenated alkanes) is 15. The van der Waals surface area contributed by atoms with E-state index >= 15 is 0 Å². The Hall–Kier alpha value is -1.05. The predicted molar refractivity (Wildman–Crippen MR) is 144 cm³/mol. The van der Waals surface area contributed by atoms with E-state index in [-0.39, 0.29) is 12.4 Å². The van der Waals surface area contributed by atoms with Crippen LogP contribution in [0.2, 0.25) is 0 Å². The summed E-state index contributed by atoms with van der Waals surface area (Å²) in [5.41, 5.74) is 1.46. The van der Waals surface area contributed by atoms with E-state index in [1.165, 1.54) is 126 Å². The molecular weight excluding hydrogens is 422 g/mol. The van der Waals surface area contributed by atoms with E-state index in [0.29, 0.717) is 0 Å². The zero-order valence-corrected chi connectivity index (χ0v) is 22.9. The topological polar surface area (TPSA) is 0 Å². The molecule has 33 heavy (non-hydrogen) atoms. The van der Waals surface area contributed by atoms with Crippen molar-refractivity contribution in [2.45, 2.75) is 116 Å². The SMILES string of the molecule is CCCCCCCCCCCCCCCCCC[N+](C)(C)Cc1ccc2ccccc2c1.[Cl-]. The second kappa shape index (κ2) is 18.3. The number of nitrogens with zero attached hydrogens (tertiary/aromatic N) is 1. The van der Waals surface area contributed by atoms with Gasteiger partial charge in [0.15, 0.2) is 0 Å². The third kappa shape index (κ3) is 14.1. The molecule has 0 aliphatic heterocycles. The fourth-order valence-corrected chi connectivity index (χ4v) is 5.00. The molecule has 0 heterocycles. The molecule has 0 spiro atoms. The van der Waals surface area contributed by atoms with Gasteiger partial charge in [0, 0.05) is 5.56 Å². The molecule has 0 aliphatic carbocycles. The summed E-state index contributed by atoms with van der Waals surface area (Å²) in [5, 5.41) is 2.71. The Balaban J connectivity index is 0.00000544. The zero-order valence-electron chi connectivity index (χ0n) is 22.1. The molecule has 0 aliphatic rings. The average Bonchev–Trinajstić information content (AvgIpc) is 2.78. The number of rotatable bonds is 19. The van der Waals surface area contributed by atoms with Crippen molar-refractivity contribution in [2.75, 3.05) is 20.6 Å². The Kier molecular flexibility index (Phi) is 16.6. The van der Waals surface area contributed by atoms with Crippen LogP contribution >= 0.6 is 0 Å². The van der Waals surface area contributed by atoms with Gasteiger partial charge in [-0.3, -0.25) is 0 Å². The van der Waals surface area contributed by atoms with Crippen molar-refractivity contribution in [3.8, 4) is 0 Å². The highest BCUT2D eigenvalue weighted by molar-refractivity contribution is 5.82. The molecule has 0 atom stereocenters. The van der Waals surface area contributed by atoms with E-state index in [2.05, 4.69) is 63.5 Å². The Morgan fingerprint density at radius 1 is 0.545 bits per heavy atom. The van der Waals surface area contributed by atoms with E-state index < -0.39 is 0 Å². The minimum absolute atomic E-state index is 0. The van der Waals surface area contributed by atoms with E-state index in [1.54, 1.807) is 0 Å². The fourth-order valence-electron chi connectivity index (χ4n) is 5.00. The monoisotopic (exact) mass is 473 g/mol. The summed E-state index contributed by atoms with van der Waals surface area (Å²) in [7, 11) is 4.78. The minimum Gasteiger partial charge on any atom is -1.00 e. The molecule has 0 fully saturated rings. The first-order valence-electron chi connectivity index (χ1n) is 13.9. The summed E-state index contributed by atoms with van der Waals surface area (Å²) < 4.78 is 1.09. The molecule has 0 bridgehead atoms. The van der Waals surface area contributed by atoms with Crippen LogP contribution in [0.25, 0.3) is 10.8 Å². The van der Waals surface area contributed by atoms with Gasteiger partial charge in [0.2, 0.25) is 0 Å². The maximum Gasteiger partial charge on any atom is 0.104 e. The largest absolute Gasteiger partial charge is 1.00 e. The van der Waals surface area contributed by atoms with E-state index in [9.17, 15) is 0 Å². The molecule has 1 nitrogen and oxygen atoms in total. The maximum absolute atomic E-state index is 2.39. The van der Waals surface area contributed by atoms with Gasteiger partial charge in [0.25, 0.3) is 0 Å². The van der Waals surface area contributed by atoms with Crippen molar-refractivity contribution in [3.05, 3.63) is 48.0 Å². The molecule has 0 N–H and O–H groups in total. The van der Waals surface area contributed by atoms with E-state index in [1.807, 2.05) is 0 Å². The van der Waals surface area contributed by atoms with E-state index in [0.717, 1.165) is 11.0 Å². The number of hydrogen-bond acceptors (Lipinski definition) is 0. The van der Waals surface area contributed by atoms with Gasteiger partial charge in [-0.1, -0.05) is 133 Å². The zero-order chi connectivity index (χ0) is 22.9. The van der Waals surface area contributed by atoms with Gasteiger partial charge in [-0.15, -0.1) is 0 Å². The number of quaternary nitrogens is 1. The third-order valence-corrected chi connectivity index (χ3v) is 7.04. The van der Waals surface area contributed by atoms with Crippen LogP contribution in [-0.2, 0) is 6.54 Å². The molecule has 0 saturated heterocycles. The second-order valence-corrected chi connectivity index (χ2v) is 10.8. The highest BCUT2D eigenvalue weighted by Gasteiger charge is 2.15. The normalized spacial score (nSPS) is 11.6. The summed E-state index contributed by atoms with van der Waals surface area (Å²) in [6.07, 6.45) is 23.1. The van der Waals surface area contributed by atoms with E-state index in [4.69, 9.17) is 0 Å². The van der Waals surface area contributed by atoms with Crippen LogP contribution in [0.3, 0.4) is 0 Å². The molecule has 0 amide bonds. The highest BCUT2D eigenvalue weighted by atomic mass is 35.5. The smallest absolute Gasteiger partial charge is 0.104 e. The summed E-state index contributed by atoms with van der Waals surface area (Å²) in [6.45, 7) is 4.71. The Bertz CT molecular complexity index is 724. The van der Waals surface area contributed by atoms with Crippen LogP contribution in [0.15, 0.2) is 42.5 Å². The Labute approximate surface area is 212 Å². The third-order valence-electron chi connectivity index (χ3n) is 7.04. The lowest BCUT2D eigenvalue weighted by atomic mass is 10.0. The van der Waals surface area contributed by atoms with Crippen molar-refractivity contribution in [3.63, 3.8) is 0 Å². The molecule has 2 heteroatoms. The molecule has 2 rings (SSSR count). The van der Waals surface area contributed by atoms with Crippen LogP contribution in [0, 0.1) is 0 Å². The fraction of sp³-hybridized carbons (Fsp3) is 0.677. The number of benzene rings is 2. The lowest BCUT2D eigenvalue weighted by Gasteiger charge is -2.30. The average molecular weight is 474 g/mol. The van der Waals surface area contributed by atoms with Crippen LogP contribution in [0.4, 0.5) is 0 Å². The molecule has 0 radical (unpaired) electrons. The molecule has 2 aromatic rings. The first-order valence-corrected chi connectivity index (χ1v) is 13.9. The maximum atomic E-state index is 2.39. The number of hydrogen-bond donors (Lipinski definition) is 0. The lowest BCUT2D eigenvalue weighted by molar-refractivity contribution is -0.903. The van der Waals surface area contributed by atoms with Gasteiger partial charge in [-0.05, 0) is 29.7 Å². The molecular formula is C31H52ClN. The van der Waals surface area contributed by atoms with Crippen LogP contribution < -0.4 is 12.4 Å². The molecule has 2 aromatic carbocycles. The van der Waals surface area contributed by atoms with Gasteiger partial charge >= 0.3 is 0 Å². The van der Waals surface area contributed by atoms with Crippen LogP contribution in [-0.4, -0.2) is 25.1 Å². The van der Waals surface area contributed by atoms with Crippen molar-refractivity contribution in [1.82, 2.24) is 0 Å². The summed E-state index contributed by atoms with van der Waals surface area (Å²) >= 11 is 0. The van der Waals surface area contributed by atoms with Crippen molar-refractivity contribution < 1.29 is 16.9 Å². The van der Waals surface area contributed by atoms with Crippen molar-refractivity contribution in [1.29, 1.82) is 0 Å². The number of fused-ring (bicyclic) bond motifs is 1. The summed E-state index contributed by atoms with van der Waals surface area (Å²) in [5.74, 6) is 0. The Morgan fingerprint density at radius 2 is 1.00 bits per heavy atom. The van der Waals surface area contributed by atoms with Crippen LogP contribution in [0.5, 0.6) is 0 Å². The van der Waals surface area contributed by atoms with Crippen molar-refractivity contribution >= 4 is 10.8 Å². The molecule has 0 unspecified atom stereocenters. The quantitative estimate of drug-likeness (QED) is 0.157. The molecule has 188 valence electrons. The second-order valence-electron chi connectivity index (χ2n) is 10.8. The summed E-state index contributed by atoms with van der Waals surface area (Å²) in [4.78, 5) is 0. The van der Waals surface area contributed by atoms with Gasteiger partial charge in [0.05, 0.1) is 20.6 Å². The first kappa shape index (κ1) is 30.0. The molecule has 0 aromatic heterocycles. The van der Waals surface area contributed by atoms with Gasteiger partial charge in [-0.2, -0.15) is 0 Å². The van der Waals surface area contributed by atoms with Crippen LogP contribution in [0.1, 0.15) is 115 Å². The Morgan fingerprint density at radius 3 is 1.52 bits per heavy atom. The van der Waals surface area contributed by atoms with Gasteiger partial charge < -0.3 is 16.9 Å². The minimum atomic E-state index is 0. The highest BCUT2D eigenvalue weighted by Crippen LogP contribution is 2.19.